The first-order valence-corrected chi connectivity index (χ1v) is 8.74. The summed E-state index contributed by atoms with van der Waals surface area (Å²) in [7, 11) is 4.03. The van der Waals surface area contributed by atoms with Gasteiger partial charge in [-0.1, -0.05) is 61.5 Å². The zero-order chi connectivity index (χ0) is 18.4. The van der Waals surface area contributed by atoms with Crippen LogP contribution in [-0.4, -0.2) is 31.4 Å². The highest BCUT2D eigenvalue weighted by atomic mass is 35.5. The fourth-order valence-electron chi connectivity index (χ4n) is 2.86. The van der Waals surface area contributed by atoms with Crippen molar-refractivity contribution in [1.29, 1.82) is 0 Å². The number of nitrogens with two attached hydrogens (primary N) is 1. The number of amides is 1. The van der Waals surface area contributed by atoms with Gasteiger partial charge in [-0.15, -0.1) is 24.8 Å². The van der Waals surface area contributed by atoms with Gasteiger partial charge in [-0.05, 0) is 44.1 Å². The van der Waals surface area contributed by atoms with Crippen LogP contribution in [0.5, 0.6) is 0 Å². The second-order valence-electron chi connectivity index (χ2n) is 6.85. The summed E-state index contributed by atoms with van der Waals surface area (Å²) in [6.45, 7) is 4.40. The monoisotopic (exact) mass is 411 g/mol. The van der Waals surface area contributed by atoms with Crippen LogP contribution in [-0.2, 0) is 16.8 Å². The lowest BCUT2D eigenvalue weighted by Gasteiger charge is -2.29. The van der Waals surface area contributed by atoms with Crippen LogP contribution in [0.4, 0.5) is 0 Å². The molecular weight excluding hydrogens is 381 g/mol. The normalized spacial score (nSPS) is 13.7. The van der Waals surface area contributed by atoms with E-state index in [0.29, 0.717) is 6.54 Å². The summed E-state index contributed by atoms with van der Waals surface area (Å²) in [6.07, 6.45) is 1.02. The molecule has 0 spiro atoms. The first-order valence-electron chi connectivity index (χ1n) is 8.74. The number of hydrogen-bond acceptors (Lipinski definition) is 3. The molecule has 3 N–H and O–H groups in total. The van der Waals surface area contributed by atoms with E-state index in [1.165, 1.54) is 11.1 Å². The summed E-state index contributed by atoms with van der Waals surface area (Å²) < 4.78 is 0. The van der Waals surface area contributed by atoms with E-state index in [4.69, 9.17) is 5.73 Å². The smallest absolute Gasteiger partial charge is 0.244 e. The molecule has 0 aromatic heterocycles. The number of halogens is 2. The number of carbonyl (C=O) groups excluding carboxylic acids is 1. The van der Waals surface area contributed by atoms with Gasteiger partial charge in [-0.25, -0.2) is 0 Å². The molecule has 0 saturated carbocycles. The minimum atomic E-state index is -1.05. The Morgan fingerprint density at radius 1 is 1.07 bits per heavy atom. The van der Waals surface area contributed by atoms with E-state index in [1.54, 1.807) is 6.92 Å². The third kappa shape index (κ3) is 6.51. The van der Waals surface area contributed by atoms with Crippen molar-refractivity contribution in [3.63, 3.8) is 0 Å². The van der Waals surface area contributed by atoms with Gasteiger partial charge < -0.3 is 16.0 Å². The van der Waals surface area contributed by atoms with Crippen LogP contribution >= 0.6 is 24.8 Å². The van der Waals surface area contributed by atoms with Crippen LogP contribution in [0.1, 0.15) is 36.6 Å². The Hall–Kier alpha value is -1.59. The number of rotatable bonds is 7. The third-order valence-corrected chi connectivity index (χ3v) is 4.70. The molecule has 0 saturated heterocycles. The minimum absolute atomic E-state index is 0. The van der Waals surface area contributed by atoms with Gasteiger partial charge in [0.15, 0.2) is 0 Å². The maximum atomic E-state index is 12.7. The first kappa shape index (κ1) is 25.4. The van der Waals surface area contributed by atoms with Gasteiger partial charge >= 0.3 is 0 Å². The van der Waals surface area contributed by atoms with Crippen molar-refractivity contribution in [3.8, 4) is 0 Å². The van der Waals surface area contributed by atoms with E-state index in [-0.39, 0.29) is 36.8 Å². The molecule has 6 heteroatoms. The molecule has 0 heterocycles. The molecule has 150 valence electrons. The average Bonchev–Trinajstić information content (AvgIpc) is 2.62. The summed E-state index contributed by atoms with van der Waals surface area (Å²) in [5.41, 5.74) is 8.54. The molecule has 4 nitrogen and oxygen atoms in total. The van der Waals surface area contributed by atoms with E-state index in [9.17, 15) is 4.79 Å². The van der Waals surface area contributed by atoms with Crippen molar-refractivity contribution in [1.82, 2.24) is 10.2 Å². The van der Waals surface area contributed by atoms with Gasteiger partial charge in [0.1, 0.15) is 5.54 Å². The Balaban J connectivity index is 0.00000338. The molecular formula is C21H31Cl2N3O. The fourth-order valence-corrected chi connectivity index (χ4v) is 2.86. The Morgan fingerprint density at radius 2 is 1.63 bits per heavy atom. The topological polar surface area (TPSA) is 58.4 Å². The number of benzene rings is 2. The zero-order valence-corrected chi connectivity index (χ0v) is 18.1. The van der Waals surface area contributed by atoms with E-state index in [0.717, 1.165) is 12.0 Å². The van der Waals surface area contributed by atoms with Crippen molar-refractivity contribution in [2.24, 2.45) is 5.73 Å². The van der Waals surface area contributed by atoms with E-state index in [1.807, 2.05) is 44.4 Å². The molecule has 2 unspecified atom stereocenters. The van der Waals surface area contributed by atoms with Crippen LogP contribution in [0.15, 0.2) is 54.6 Å². The van der Waals surface area contributed by atoms with Crippen LogP contribution < -0.4 is 11.1 Å². The van der Waals surface area contributed by atoms with E-state index >= 15 is 0 Å². The highest BCUT2D eigenvalue weighted by Gasteiger charge is 2.30. The van der Waals surface area contributed by atoms with Crippen LogP contribution in [0.3, 0.4) is 0 Å². The highest BCUT2D eigenvalue weighted by Crippen LogP contribution is 2.20. The summed E-state index contributed by atoms with van der Waals surface area (Å²) in [5.74, 6) is -0.171. The van der Waals surface area contributed by atoms with Gasteiger partial charge in [-0.2, -0.15) is 0 Å². The fraction of sp³-hybridized carbons (Fsp3) is 0.381. The predicted molar refractivity (Wildman–Crippen MR) is 118 cm³/mol. The molecule has 27 heavy (non-hydrogen) atoms. The van der Waals surface area contributed by atoms with Crippen molar-refractivity contribution < 1.29 is 4.79 Å². The lowest BCUT2D eigenvalue weighted by Crippen LogP contribution is -2.50. The summed E-state index contributed by atoms with van der Waals surface area (Å²) in [6, 6.07) is 18.1. The van der Waals surface area contributed by atoms with E-state index in [2.05, 4.69) is 41.4 Å². The molecule has 2 atom stereocenters. The highest BCUT2D eigenvalue weighted by molar-refractivity contribution is 5.87. The third-order valence-electron chi connectivity index (χ3n) is 4.70. The molecule has 2 aromatic carbocycles. The second-order valence-corrected chi connectivity index (χ2v) is 6.85. The van der Waals surface area contributed by atoms with Crippen molar-refractivity contribution in [3.05, 3.63) is 71.3 Å². The number of nitrogens with zero attached hydrogens (tertiary/aromatic N) is 1. The standard InChI is InChI=1S/C21H29N3O.2ClH/c1-5-16-11-13-17(14-12-16)19(24(3)4)15-23-20(25)21(2,22)18-9-7-6-8-10-18;;/h6-14,19H,5,15,22H2,1-4H3,(H,23,25);2*1H. The molecule has 0 bridgehead atoms. The lowest BCUT2D eigenvalue weighted by molar-refractivity contribution is -0.126. The van der Waals surface area contributed by atoms with Crippen molar-refractivity contribution in [2.75, 3.05) is 20.6 Å². The summed E-state index contributed by atoms with van der Waals surface area (Å²) in [4.78, 5) is 14.8. The Labute approximate surface area is 175 Å². The summed E-state index contributed by atoms with van der Waals surface area (Å²) in [5, 5.41) is 3.02. The van der Waals surface area contributed by atoms with Gasteiger partial charge in [0, 0.05) is 6.54 Å². The van der Waals surface area contributed by atoms with Gasteiger partial charge in [0.05, 0.1) is 6.04 Å². The molecule has 0 aliphatic rings. The predicted octanol–water partition coefficient (Wildman–Crippen LogP) is 3.69. The lowest BCUT2D eigenvalue weighted by atomic mass is 9.92. The maximum absolute atomic E-state index is 12.7. The molecule has 0 fully saturated rings. The molecule has 1 amide bonds. The molecule has 2 rings (SSSR count). The maximum Gasteiger partial charge on any atom is 0.244 e. The summed E-state index contributed by atoms with van der Waals surface area (Å²) >= 11 is 0. The van der Waals surface area contributed by atoms with Crippen molar-refractivity contribution >= 4 is 30.7 Å². The zero-order valence-electron chi connectivity index (χ0n) is 16.4. The Kier molecular flexibility index (Phi) is 10.6. The van der Waals surface area contributed by atoms with Crippen LogP contribution in [0.25, 0.3) is 0 Å². The van der Waals surface area contributed by atoms with Gasteiger partial charge in [0.25, 0.3) is 0 Å². The number of aryl methyl sites for hydroxylation is 1. The SMILES string of the molecule is CCc1ccc(C(CNC(=O)C(C)(N)c2ccccc2)N(C)C)cc1.Cl.Cl. The van der Waals surface area contributed by atoms with Gasteiger partial charge in [-0.3, -0.25) is 4.79 Å². The quantitative estimate of drug-likeness (QED) is 0.730. The number of carbonyl (C=O) groups is 1. The Bertz CT molecular complexity index is 688. The number of likely N-dealkylation sites (N-methyl/N-ethyl adjacent to an activating group) is 1. The minimum Gasteiger partial charge on any atom is -0.352 e. The average molecular weight is 412 g/mol. The van der Waals surface area contributed by atoms with Crippen LogP contribution in [0.2, 0.25) is 0 Å². The number of nitrogens with one attached hydrogen (secondary N) is 1. The van der Waals surface area contributed by atoms with E-state index < -0.39 is 5.54 Å². The largest absolute Gasteiger partial charge is 0.352 e. The second kappa shape index (κ2) is 11.3. The number of hydrogen-bond donors (Lipinski definition) is 2. The van der Waals surface area contributed by atoms with Crippen molar-refractivity contribution in [2.45, 2.75) is 31.8 Å². The first-order chi connectivity index (χ1) is 11.9. The molecule has 0 aliphatic carbocycles. The van der Waals surface area contributed by atoms with Gasteiger partial charge in [0.2, 0.25) is 5.91 Å². The molecule has 0 aliphatic heterocycles. The van der Waals surface area contributed by atoms with Crippen LogP contribution in [0, 0.1) is 0 Å². The molecule has 0 radical (unpaired) electrons. The Morgan fingerprint density at radius 3 is 2.11 bits per heavy atom. The molecule has 2 aromatic rings.